The third-order valence-corrected chi connectivity index (χ3v) is 12.3. The molecule has 0 unspecified atom stereocenters. The molecule has 0 aliphatic heterocycles. The summed E-state index contributed by atoms with van der Waals surface area (Å²) in [5.41, 5.74) is -1.86. The minimum absolute atomic E-state index is 0.0342. The first-order valence-corrected chi connectivity index (χ1v) is 22.1. The van der Waals surface area contributed by atoms with E-state index in [1.165, 1.54) is 42.7 Å². The molecule has 14 rings (SSSR count). The second kappa shape index (κ2) is 18.1. The predicted molar refractivity (Wildman–Crippen MR) is 308 cm³/mol. The standard InChI is InChI=1S/C34H21IO.C34H22O/c35-34-33(29-21-24(19-20-30(29)36-34)22-11-3-1-4-12-22)32-27-17-9-7-15-25(27)31(23-13-5-2-6-14-23)26-16-8-10-18-28(26)32;1-3-11-23(12-4-1)25-19-20-32-30(21-25)31(22-35-32)34-28-17-9-7-15-26(28)33(24-13-5-2-6-14-24)27-16-8-10-18-29(27)34/h1-21H;1-22H/i2*1D,2D,3D,4D,5D,6D,7D,8D,9D,10D,11D,12D,13D,14D,15D,16D,17D,18D. The van der Waals surface area contributed by atoms with Crippen molar-refractivity contribution in [1.29, 1.82) is 0 Å². The van der Waals surface area contributed by atoms with E-state index in [2.05, 4.69) is 0 Å². The molecule has 0 saturated carbocycles. The number of hydrogen-bond donors (Lipinski definition) is 0. The molecule has 0 aliphatic rings. The smallest absolute Gasteiger partial charge is 0.172 e. The Morgan fingerprint density at radius 1 is 0.282 bits per heavy atom. The van der Waals surface area contributed by atoms with Gasteiger partial charge in [0.05, 0.1) is 55.6 Å². The zero-order valence-corrected chi connectivity index (χ0v) is 37.9. The van der Waals surface area contributed by atoms with Crippen molar-refractivity contribution in [2.24, 2.45) is 0 Å². The van der Waals surface area contributed by atoms with Gasteiger partial charge in [-0.05, 0) is 112 Å². The summed E-state index contributed by atoms with van der Waals surface area (Å²) < 4.78 is 322. The predicted octanol–water partition coefficient (Wildman–Crippen LogP) is 20.1. The number of fused-ring (bicyclic) bond motifs is 6. The molecule has 3 heteroatoms. The van der Waals surface area contributed by atoms with Gasteiger partial charge in [0.1, 0.15) is 11.2 Å². The quantitative estimate of drug-likeness (QED) is 0.123. The van der Waals surface area contributed by atoms with Crippen LogP contribution in [0.1, 0.15) is 49.3 Å². The molecule has 14 aromatic rings. The Morgan fingerprint density at radius 2 is 0.620 bits per heavy atom. The Morgan fingerprint density at radius 3 is 1.04 bits per heavy atom. The average molecular weight is 1060 g/mol. The minimum Gasteiger partial charge on any atom is -0.464 e. The highest BCUT2D eigenvalue weighted by Crippen LogP contribution is 2.49. The summed E-state index contributed by atoms with van der Waals surface area (Å²) >= 11 is 1.81. The third kappa shape index (κ3) is 7.49. The van der Waals surface area contributed by atoms with Crippen LogP contribution in [0.3, 0.4) is 0 Å². The molecule has 0 bridgehead atoms. The number of halogens is 1. The lowest BCUT2D eigenvalue weighted by molar-refractivity contribution is 0.585. The van der Waals surface area contributed by atoms with Crippen LogP contribution >= 0.6 is 22.6 Å². The summed E-state index contributed by atoms with van der Waals surface area (Å²) in [5.74, 6) is 0. The summed E-state index contributed by atoms with van der Waals surface area (Å²) in [6.07, 6.45) is 1.19. The molecule has 2 heterocycles. The Balaban J connectivity index is 0.000000189. The first-order chi connectivity index (χ1) is 50.1. The Labute approximate surface area is 475 Å². The highest BCUT2D eigenvalue weighted by Gasteiger charge is 2.23. The van der Waals surface area contributed by atoms with Crippen molar-refractivity contribution in [3.63, 3.8) is 0 Å². The zero-order chi connectivity index (χ0) is 78.6. The molecule has 0 radical (unpaired) electrons. The molecule has 0 fully saturated rings. The molecule has 2 nitrogen and oxygen atoms in total. The van der Waals surface area contributed by atoms with Gasteiger partial charge in [-0.25, -0.2) is 0 Å². The topological polar surface area (TPSA) is 26.3 Å². The molecule has 0 spiro atoms. The van der Waals surface area contributed by atoms with E-state index in [1.54, 1.807) is 0 Å². The van der Waals surface area contributed by atoms with Gasteiger partial charge in [-0.3, -0.25) is 0 Å². The van der Waals surface area contributed by atoms with Crippen LogP contribution in [0.4, 0.5) is 0 Å². The van der Waals surface area contributed by atoms with Gasteiger partial charge in [0.2, 0.25) is 0 Å². The van der Waals surface area contributed by atoms with E-state index < -0.39 is 251 Å². The van der Waals surface area contributed by atoms with Crippen LogP contribution in [-0.4, -0.2) is 0 Å². The summed E-state index contributed by atoms with van der Waals surface area (Å²) in [6.45, 7) is 0. The van der Waals surface area contributed by atoms with Crippen molar-refractivity contribution in [3.05, 3.63) is 264 Å². The molecule has 0 aliphatic carbocycles. The molecule has 12 aromatic carbocycles. The first kappa shape index (κ1) is 19.4. The van der Waals surface area contributed by atoms with Crippen LogP contribution in [0.25, 0.3) is 132 Å². The maximum atomic E-state index is 9.21. The summed E-state index contributed by atoms with van der Waals surface area (Å²) in [7, 11) is 0. The Kier molecular flexibility index (Phi) is 4.93. The normalized spacial score (nSPS) is 18.5. The van der Waals surface area contributed by atoms with E-state index >= 15 is 0 Å². The maximum Gasteiger partial charge on any atom is 0.172 e. The van der Waals surface area contributed by atoms with Crippen LogP contribution < -0.4 is 0 Å². The molecule has 0 N–H and O–H groups in total. The molecule has 0 amide bonds. The van der Waals surface area contributed by atoms with Crippen molar-refractivity contribution in [2.75, 3.05) is 0 Å². The monoisotopic (exact) mass is 1050 g/mol. The molecule has 0 saturated heterocycles. The molecular formula is C68H43IO2. The van der Waals surface area contributed by atoms with Crippen LogP contribution in [-0.2, 0) is 0 Å². The van der Waals surface area contributed by atoms with Crippen LogP contribution in [0.5, 0.6) is 0 Å². The summed E-state index contributed by atoms with van der Waals surface area (Å²) in [4.78, 5) is 0. The van der Waals surface area contributed by atoms with Gasteiger partial charge in [-0.1, -0.05) is 230 Å². The second-order valence-corrected chi connectivity index (χ2v) is 16.3. The third-order valence-electron chi connectivity index (χ3n) is 11.6. The van der Waals surface area contributed by atoms with Gasteiger partial charge in [-0.15, -0.1) is 0 Å². The fourth-order valence-corrected chi connectivity index (χ4v) is 9.44. The molecule has 0 atom stereocenters. The van der Waals surface area contributed by atoms with Crippen molar-refractivity contribution in [1.82, 2.24) is 0 Å². The SMILES string of the molecule is [2H]c1c([2H])c([2H])c(-c2ccc3oc(I)c(-c4c5c([2H])c([2H])c([2H])c([2H])c5c(-c5c([2H])c([2H])c([2H])c([2H])c5[2H])c5c([2H])c([2H])c([2H])c([2H])c45)c3c2)c([2H])c1[2H].[2H]c1c([2H])c([2H])c(-c2ccc3occ(-c4c5c([2H])c([2H])c([2H])c([2H])c5c(-c5c([2H])c([2H])c([2H])c([2H])c5[2H])c5c([2H])c([2H])c([2H])c([2H])c45)c3c2)c([2H])c1[2H]. The highest BCUT2D eigenvalue weighted by molar-refractivity contribution is 14.1. The van der Waals surface area contributed by atoms with Gasteiger partial charge >= 0.3 is 0 Å². The average Bonchev–Trinajstić information content (AvgIpc) is 1.59. The first-order valence-electron chi connectivity index (χ1n) is 39.1. The second-order valence-electron chi connectivity index (χ2n) is 15.3. The Hall–Kier alpha value is -8.51. The van der Waals surface area contributed by atoms with Crippen molar-refractivity contribution >= 4 is 87.6 Å². The lowest BCUT2D eigenvalue weighted by atomic mass is 9.86. The largest absolute Gasteiger partial charge is 0.464 e. The lowest BCUT2D eigenvalue weighted by Crippen LogP contribution is -1.91. The van der Waals surface area contributed by atoms with Crippen LogP contribution in [0, 0.1) is 3.77 Å². The van der Waals surface area contributed by atoms with Gasteiger partial charge < -0.3 is 8.83 Å². The Bertz CT molecular complexity index is 6200. The van der Waals surface area contributed by atoms with Crippen LogP contribution in [0.15, 0.2) is 269 Å². The fraction of sp³-hybridized carbons (Fsp3) is 0. The molecule has 71 heavy (non-hydrogen) atoms. The maximum absolute atomic E-state index is 9.21. The van der Waals surface area contributed by atoms with Gasteiger partial charge in [0, 0.05) is 55.6 Å². The van der Waals surface area contributed by atoms with E-state index in [-0.39, 0.29) is 103 Å². The van der Waals surface area contributed by atoms with Crippen molar-refractivity contribution in [3.8, 4) is 66.8 Å². The fourth-order valence-electron chi connectivity index (χ4n) is 8.64. The lowest BCUT2D eigenvalue weighted by Gasteiger charge is -2.17. The van der Waals surface area contributed by atoms with Crippen molar-refractivity contribution in [2.45, 2.75) is 0 Å². The molecular weight excluding hydrogens is 976 g/mol. The zero-order valence-electron chi connectivity index (χ0n) is 71.7. The number of benzene rings is 12. The van der Waals surface area contributed by atoms with Gasteiger partial charge in [-0.2, -0.15) is 0 Å². The number of furan rings is 2. The van der Waals surface area contributed by atoms with Gasteiger partial charge in [0.25, 0.3) is 0 Å². The van der Waals surface area contributed by atoms with Gasteiger partial charge in [0.15, 0.2) is 3.77 Å². The minimum atomic E-state index is -0.784. The van der Waals surface area contributed by atoms with E-state index in [9.17, 15) is 2.74 Å². The van der Waals surface area contributed by atoms with E-state index in [0.29, 0.717) is 0 Å². The summed E-state index contributed by atoms with van der Waals surface area (Å²) in [5, 5.41) is -2.45. The van der Waals surface area contributed by atoms with Crippen LogP contribution in [0.2, 0.25) is 0 Å². The molecule has 334 valence electrons. The van der Waals surface area contributed by atoms with E-state index in [0.717, 1.165) is 0 Å². The van der Waals surface area contributed by atoms with E-state index in [1.807, 2.05) is 22.6 Å². The van der Waals surface area contributed by atoms with E-state index in [4.69, 9.17) is 55.4 Å². The highest BCUT2D eigenvalue weighted by atomic mass is 127. The summed E-state index contributed by atoms with van der Waals surface area (Å²) in [6, 6.07) is -16.1. The molecule has 2 aromatic heterocycles. The number of rotatable bonds is 6. The van der Waals surface area contributed by atoms with Crippen molar-refractivity contribution < 1.29 is 58.2 Å². The number of hydrogen-bond acceptors (Lipinski definition) is 2.